The van der Waals surface area contributed by atoms with Crippen LogP contribution in [-0.4, -0.2) is 15.0 Å². The summed E-state index contributed by atoms with van der Waals surface area (Å²) in [6.07, 6.45) is 1.53. The summed E-state index contributed by atoms with van der Waals surface area (Å²) < 4.78 is 0. The van der Waals surface area contributed by atoms with Gasteiger partial charge in [0.25, 0.3) is 0 Å². The Balaban J connectivity index is 2.04. The quantitative estimate of drug-likeness (QED) is 0.737. The molecule has 1 aromatic carbocycles. The highest BCUT2D eigenvalue weighted by Crippen LogP contribution is 2.24. The van der Waals surface area contributed by atoms with Crippen molar-refractivity contribution in [2.75, 3.05) is 5.32 Å². The van der Waals surface area contributed by atoms with Crippen molar-refractivity contribution in [1.29, 1.82) is 0 Å². The molecule has 5 heteroatoms. The van der Waals surface area contributed by atoms with E-state index in [1.54, 1.807) is 0 Å². The Bertz CT molecular complexity index is 705. The molecule has 18 heavy (non-hydrogen) atoms. The topological polar surface area (TPSA) is 53.6 Å². The smallest absolute Gasteiger partial charge is 0.143 e. The van der Waals surface area contributed by atoms with Gasteiger partial charge in [0, 0.05) is 16.4 Å². The van der Waals surface area contributed by atoms with Crippen molar-refractivity contribution in [2.24, 2.45) is 0 Å². The normalized spacial score (nSPS) is 10.8. The van der Waals surface area contributed by atoms with E-state index in [1.165, 1.54) is 6.33 Å². The summed E-state index contributed by atoms with van der Waals surface area (Å²) in [5.74, 6) is 0.770. The maximum Gasteiger partial charge on any atom is 0.143 e. The van der Waals surface area contributed by atoms with Crippen molar-refractivity contribution in [1.82, 2.24) is 15.0 Å². The van der Waals surface area contributed by atoms with Crippen LogP contribution in [0.1, 0.15) is 5.69 Å². The zero-order chi connectivity index (χ0) is 12.5. The van der Waals surface area contributed by atoms with Gasteiger partial charge in [-0.1, -0.05) is 17.7 Å². The molecule has 0 unspecified atom stereocenters. The fourth-order valence-electron chi connectivity index (χ4n) is 1.87. The minimum Gasteiger partial charge on any atom is -0.343 e. The van der Waals surface area contributed by atoms with Crippen LogP contribution in [0, 0.1) is 6.92 Å². The van der Waals surface area contributed by atoms with Crippen molar-refractivity contribution in [3.05, 3.63) is 47.4 Å². The van der Waals surface area contributed by atoms with Crippen LogP contribution >= 0.6 is 11.6 Å². The highest BCUT2D eigenvalue weighted by Gasteiger charge is 2.06. The van der Waals surface area contributed by atoms with Crippen LogP contribution in [-0.2, 0) is 0 Å². The molecule has 0 bridgehead atoms. The Labute approximate surface area is 109 Å². The van der Waals surface area contributed by atoms with Crippen LogP contribution in [0.5, 0.6) is 0 Å². The predicted molar refractivity (Wildman–Crippen MR) is 73.4 cm³/mol. The van der Waals surface area contributed by atoms with E-state index < -0.39 is 0 Å². The molecule has 2 heterocycles. The number of H-pyrrole nitrogens is 1. The number of aryl methyl sites for hydroxylation is 1. The van der Waals surface area contributed by atoms with Crippen molar-refractivity contribution in [3.63, 3.8) is 0 Å². The third kappa shape index (κ3) is 2.02. The second-order valence-corrected chi connectivity index (χ2v) is 4.51. The van der Waals surface area contributed by atoms with Gasteiger partial charge in [-0.25, -0.2) is 9.97 Å². The number of hydrogen-bond donors (Lipinski definition) is 2. The Hall–Kier alpha value is -2.07. The molecule has 0 amide bonds. The first-order chi connectivity index (χ1) is 8.72. The molecule has 0 saturated carbocycles. The van der Waals surface area contributed by atoms with Crippen molar-refractivity contribution in [2.45, 2.75) is 6.92 Å². The van der Waals surface area contributed by atoms with Crippen LogP contribution in [0.2, 0.25) is 5.02 Å². The van der Waals surface area contributed by atoms with Crippen molar-refractivity contribution < 1.29 is 0 Å². The zero-order valence-corrected chi connectivity index (χ0v) is 10.5. The molecule has 0 spiro atoms. The molecule has 0 aliphatic carbocycles. The maximum absolute atomic E-state index is 5.95. The van der Waals surface area contributed by atoms with Crippen LogP contribution in [0.25, 0.3) is 11.0 Å². The predicted octanol–water partition coefficient (Wildman–Crippen LogP) is 3.66. The zero-order valence-electron chi connectivity index (χ0n) is 9.74. The summed E-state index contributed by atoms with van der Waals surface area (Å²) in [6.45, 7) is 1.99. The Morgan fingerprint density at radius 2 is 2.11 bits per heavy atom. The Morgan fingerprint density at radius 1 is 1.22 bits per heavy atom. The van der Waals surface area contributed by atoms with Gasteiger partial charge in [-0.2, -0.15) is 0 Å². The van der Waals surface area contributed by atoms with Crippen LogP contribution in [0.4, 0.5) is 11.5 Å². The molecule has 90 valence electrons. The third-order valence-electron chi connectivity index (χ3n) is 2.65. The van der Waals surface area contributed by atoms with Gasteiger partial charge in [0.05, 0.1) is 5.39 Å². The highest BCUT2D eigenvalue weighted by molar-refractivity contribution is 6.30. The van der Waals surface area contributed by atoms with Gasteiger partial charge in [0.15, 0.2) is 0 Å². The molecule has 4 nitrogen and oxygen atoms in total. The highest BCUT2D eigenvalue weighted by atomic mass is 35.5. The molecule has 0 aliphatic heterocycles. The van der Waals surface area contributed by atoms with Gasteiger partial charge < -0.3 is 10.3 Å². The number of fused-ring (bicyclic) bond motifs is 1. The second kappa shape index (κ2) is 4.31. The summed E-state index contributed by atoms with van der Waals surface area (Å²) in [6, 6.07) is 9.55. The first kappa shape index (κ1) is 11.0. The average molecular weight is 259 g/mol. The van der Waals surface area contributed by atoms with E-state index >= 15 is 0 Å². The molecule has 0 saturated heterocycles. The van der Waals surface area contributed by atoms with Gasteiger partial charge >= 0.3 is 0 Å². The van der Waals surface area contributed by atoms with Crippen molar-refractivity contribution in [3.8, 4) is 0 Å². The van der Waals surface area contributed by atoms with Gasteiger partial charge in [-0.05, 0) is 31.2 Å². The van der Waals surface area contributed by atoms with Gasteiger partial charge in [0.1, 0.15) is 17.8 Å². The Morgan fingerprint density at radius 3 is 2.94 bits per heavy atom. The van der Waals surface area contributed by atoms with E-state index in [1.807, 2.05) is 37.3 Å². The lowest BCUT2D eigenvalue weighted by atomic mass is 10.3. The minimum atomic E-state index is 0.690. The third-order valence-corrected chi connectivity index (χ3v) is 2.88. The van der Waals surface area contributed by atoms with Gasteiger partial charge in [0.2, 0.25) is 0 Å². The van der Waals surface area contributed by atoms with Gasteiger partial charge in [-0.3, -0.25) is 0 Å². The number of nitrogens with zero attached hydrogens (tertiary/aromatic N) is 2. The molecule has 0 aliphatic rings. The average Bonchev–Trinajstić information content (AvgIpc) is 2.71. The molecule has 2 N–H and O–H groups in total. The molecule has 0 radical (unpaired) electrons. The lowest BCUT2D eigenvalue weighted by Gasteiger charge is -2.06. The number of aromatic amines is 1. The monoisotopic (exact) mass is 258 g/mol. The largest absolute Gasteiger partial charge is 0.343 e. The van der Waals surface area contributed by atoms with Gasteiger partial charge in [-0.15, -0.1) is 0 Å². The van der Waals surface area contributed by atoms with Crippen molar-refractivity contribution >= 4 is 34.1 Å². The maximum atomic E-state index is 5.95. The molecule has 3 rings (SSSR count). The fraction of sp³-hybridized carbons (Fsp3) is 0.0769. The molecular formula is C13H11ClN4. The number of rotatable bonds is 2. The molecule has 0 atom stereocenters. The summed E-state index contributed by atoms with van der Waals surface area (Å²) in [4.78, 5) is 11.6. The van der Waals surface area contributed by atoms with E-state index in [0.29, 0.717) is 5.02 Å². The SMILES string of the molecule is Cc1cc2c(Nc3cccc(Cl)c3)ncnc2[nH]1. The summed E-state index contributed by atoms with van der Waals surface area (Å²) in [7, 11) is 0. The number of benzene rings is 1. The molecular weight excluding hydrogens is 248 g/mol. The summed E-state index contributed by atoms with van der Waals surface area (Å²) in [5.41, 5.74) is 2.79. The second-order valence-electron chi connectivity index (χ2n) is 4.07. The standard InChI is InChI=1S/C13H11ClN4/c1-8-5-11-12(17-8)15-7-16-13(11)18-10-4-2-3-9(14)6-10/h2-7H,1H3,(H2,15,16,17,18). The lowest BCUT2D eigenvalue weighted by Crippen LogP contribution is -1.94. The van der Waals surface area contributed by atoms with Crippen LogP contribution < -0.4 is 5.32 Å². The Kier molecular flexibility index (Phi) is 2.64. The first-order valence-corrected chi connectivity index (χ1v) is 5.93. The number of halogens is 1. The van der Waals surface area contributed by atoms with E-state index in [4.69, 9.17) is 11.6 Å². The lowest BCUT2D eigenvalue weighted by molar-refractivity contribution is 1.18. The molecule has 0 fully saturated rings. The van der Waals surface area contributed by atoms with Crippen LogP contribution in [0.15, 0.2) is 36.7 Å². The fourth-order valence-corrected chi connectivity index (χ4v) is 2.06. The molecule has 3 aromatic rings. The molecule has 2 aromatic heterocycles. The summed E-state index contributed by atoms with van der Waals surface area (Å²) >= 11 is 5.95. The van der Waals surface area contributed by atoms with E-state index in [-0.39, 0.29) is 0 Å². The number of nitrogens with one attached hydrogen (secondary N) is 2. The van der Waals surface area contributed by atoms with Crippen LogP contribution in [0.3, 0.4) is 0 Å². The van der Waals surface area contributed by atoms with E-state index in [2.05, 4.69) is 20.3 Å². The minimum absolute atomic E-state index is 0.690. The number of anilines is 2. The summed E-state index contributed by atoms with van der Waals surface area (Å²) in [5, 5.41) is 4.90. The van der Waals surface area contributed by atoms with E-state index in [9.17, 15) is 0 Å². The number of hydrogen-bond acceptors (Lipinski definition) is 3. The number of aromatic nitrogens is 3. The first-order valence-electron chi connectivity index (χ1n) is 5.55. The van der Waals surface area contributed by atoms with E-state index in [0.717, 1.165) is 28.2 Å².